The molecule has 166 valence electrons. The summed E-state index contributed by atoms with van der Waals surface area (Å²) in [6.07, 6.45) is 0.206. The number of hydrogen-bond donors (Lipinski definition) is 2. The van der Waals surface area contributed by atoms with Crippen molar-refractivity contribution in [3.05, 3.63) is 36.3 Å². The molecular formula is C21H26F3N7. The quantitative estimate of drug-likeness (QED) is 0.629. The maximum Gasteiger partial charge on any atom is 0.241 e. The molecule has 1 saturated heterocycles. The van der Waals surface area contributed by atoms with Gasteiger partial charge in [0.25, 0.3) is 0 Å². The molecule has 0 saturated carbocycles. The molecular weight excluding hydrogens is 407 g/mol. The Morgan fingerprint density at radius 1 is 1.32 bits per heavy atom. The number of aromatic nitrogens is 4. The number of anilines is 1. The van der Waals surface area contributed by atoms with Crippen LogP contribution in [0, 0.1) is 0 Å². The van der Waals surface area contributed by atoms with Crippen LogP contribution in [0.4, 0.5) is 24.8 Å². The SMILES string of the molecule is CC1=Nc2ccc(-c3ccn4nc(N[C@H]5CNCC[C@H]5F)ncc34)nc2C1CC(F)F.[HH].[HH]. The number of nitrogens with one attached hydrogen (secondary N) is 2. The van der Waals surface area contributed by atoms with E-state index in [4.69, 9.17) is 0 Å². The maximum absolute atomic E-state index is 14.1. The summed E-state index contributed by atoms with van der Waals surface area (Å²) in [5, 5.41) is 10.6. The van der Waals surface area contributed by atoms with Gasteiger partial charge in [-0.2, -0.15) is 0 Å². The van der Waals surface area contributed by atoms with Crippen molar-refractivity contribution in [3.8, 4) is 11.3 Å². The number of rotatable bonds is 5. The first-order valence-corrected chi connectivity index (χ1v) is 10.3. The smallest absolute Gasteiger partial charge is 0.241 e. The van der Waals surface area contributed by atoms with Gasteiger partial charge in [0.1, 0.15) is 6.17 Å². The summed E-state index contributed by atoms with van der Waals surface area (Å²) in [5.41, 5.74) is 4.03. The molecule has 2 aliphatic rings. The summed E-state index contributed by atoms with van der Waals surface area (Å²) in [5.74, 6) is -0.137. The number of nitrogens with zero attached hydrogens (tertiary/aromatic N) is 5. The second kappa shape index (κ2) is 7.92. The van der Waals surface area contributed by atoms with Gasteiger partial charge in [0.2, 0.25) is 12.4 Å². The van der Waals surface area contributed by atoms with Crippen LogP contribution in [-0.4, -0.2) is 57.0 Å². The van der Waals surface area contributed by atoms with Gasteiger partial charge >= 0.3 is 0 Å². The van der Waals surface area contributed by atoms with Crippen LogP contribution in [0.3, 0.4) is 0 Å². The molecule has 5 heterocycles. The van der Waals surface area contributed by atoms with E-state index in [2.05, 4.69) is 30.7 Å². The fourth-order valence-corrected chi connectivity index (χ4v) is 4.21. The molecule has 1 fully saturated rings. The molecule has 3 atom stereocenters. The number of aliphatic imine (C=N–C) groups is 1. The highest BCUT2D eigenvalue weighted by Gasteiger charge is 2.29. The summed E-state index contributed by atoms with van der Waals surface area (Å²) in [4.78, 5) is 13.4. The number of alkyl halides is 3. The monoisotopic (exact) mass is 433 g/mol. The van der Waals surface area contributed by atoms with E-state index in [1.165, 1.54) is 0 Å². The van der Waals surface area contributed by atoms with Gasteiger partial charge < -0.3 is 10.6 Å². The number of piperidine rings is 1. The van der Waals surface area contributed by atoms with Gasteiger partial charge in [-0.25, -0.2) is 27.7 Å². The van der Waals surface area contributed by atoms with Crippen molar-refractivity contribution in [2.45, 2.75) is 44.3 Å². The van der Waals surface area contributed by atoms with E-state index in [1.54, 1.807) is 23.8 Å². The number of hydrogen-bond acceptors (Lipinski definition) is 6. The van der Waals surface area contributed by atoms with Crippen molar-refractivity contribution < 1.29 is 16.0 Å². The molecule has 1 unspecified atom stereocenters. The zero-order valence-corrected chi connectivity index (χ0v) is 16.9. The second-order valence-electron chi connectivity index (χ2n) is 7.93. The molecule has 7 nitrogen and oxygen atoms in total. The van der Waals surface area contributed by atoms with E-state index in [1.807, 2.05) is 18.2 Å². The Kier molecular flexibility index (Phi) is 5.09. The summed E-state index contributed by atoms with van der Waals surface area (Å²) in [7, 11) is 0. The molecule has 3 aromatic rings. The maximum atomic E-state index is 14.1. The standard InChI is InChI=1S/C21H22F3N7.2H2/c1-11-13(8-19(23)24)20-16(27-11)3-2-15(28-20)12-5-7-31-18(12)10-26-21(30-31)29-17-9-25-6-4-14(17)22;;/h2-3,5,7,10,13-14,17,19,25H,4,6,8-9H2,1H3,(H,29,30);2*1H/t13?,14-,17+;;/m1../s1. The molecule has 0 radical (unpaired) electrons. The third kappa shape index (κ3) is 3.76. The highest BCUT2D eigenvalue weighted by Crippen LogP contribution is 2.39. The topological polar surface area (TPSA) is 79.5 Å². The highest BCUT2D eigenvalue weighted by atomic mass is 19.3. The zero-order chi connectivity index (χ0) is 21.5. The minimum absolute atomic E-state index is 0. The molecule has 2 aliphatic heterocycles. The van der Waals surface area contributed by atoms with Gasteiger partial charge in [-0.15, -0.1) is 5.10 Å². The summed E-state index contributed by atoms with van der Waals surface area (Å²) < 4.78 is 41.8. The summed E-state index contributed by atoms with van der Waals surface area (Å²) >= 11 is 0. The van der Waals surface area contributed by atoms with Crippen LogP contribution in [0.1, 0.15) is 34.2 Å². The number of fused-ring (bicyclic) bond motifs is 2. The minimum atomic E-state index is -2.43. The Hall–Kier alpha value is -3.01. The number of pyridine rings is 1. The lowest BCUT2D eigenvalue weighted by atomic mass is 9.97. The van der Waals surface area contributed by atoms with Crippen LogP contribution in [0.15, 0.2) is 35.6 Å². The van der Waals surface area contributed by atoms with Crippen molar-refractivity contribution in [2.24, 2.45) is 4.99 Å². The van der Waals surface area contributed by atoms with Crippen LogP contribution in [0.5, 0.6) is 0 Å². The fourth-order valence-electron chi connectivity index (χ4n) is 4.21. The van der Waals surface area contributed by atoms with Gasteiger partial charge in [0.15, 0.2) is 0 Å². The molecule has 0 aliphatic carbocycles. The van der Waals surface area contributed by atoms with Gasteiger partial charge in [-0.1, -0.05) is 0 Å². The van der Waals surface area contributed by atoms with E-state index in [0.717, 1.165) is 11.1 Å². The average Bonchev–Trinajstić information content (AvgIpc) is 3.30. The molecule has 0 amide bonds. The number of halogens is 3. The lowest BCUT2D eigenvalue weighted by Crippen LogP contribution is -2.46. The molecule has 0 bridgehead atoms. The first-order valence-electron chi connectivity index (χ1n) is 10.3. The lowest BCUT2D eigenvalue weighted by molar-refractivity contribution is 0.135. The predicted octanol–water partition coefficient (Wildman–Crippen LogP) is 4.24. The van der Waals surface area contributed by atoms with Crippen LogP contribution in [-0.2, 0) is 0 Å². The van der Waals surface area contributed by atoms with Gasteiger partial charge in [0, 0.05) is 39.2 Å². The largest absolute Gasteiger partial charge is 0.346 e. The first kappa shape index (κ1) is 19.9. The fraction of sp³-hybridized carbons (Fsp3) is 0.429. The van der Waals surface area contributed by atoms with Gasteiger partial charge in [-0.3, -0.25) is 4.99 Å². The molecule has 31 heavy (non-hydrogen) atoms. The van der Waals surface area contributed by atoms with E-state index in [9.17, 15) is 13.2 Å². The molecule has 3 aromatic heterocycles. The van der Waals surface area contributed by atoms with E-state index in [0.29, 0.717) is 48.2 Å². The molecule has 0 aromatic carbocycles. The van der Waals surface area contributed by atoms with Crippen LogP contribution >= 0.6 is 0 Å². The van der Waals surface area contributed by atoms with Crippen molar-refractivity contribution in [3.63, 3.8) is 0 Å². The van der Waals surface area contributed by atoms with Crippen molar-refractivity contribution in [1.29, 1.82) is 0 Å². The lowest BCUT2D eigenvalue weighted by Gasteiger charge is -2.27. The third-order valence-corrected chi connectivity index (χ3v) is 5.85. The third-order valence-electron chi connectivity index (χ3n) is 5.85. The normalized spacial score (nSPS) is 23.3. The van der Waals surface area contributed by atoms with Crippen molar-refractivity contribution in [1.82, 2.24) is 24.9 Å². The predicted molar refractivity (Wildman–Crippen MR) is 116 cm³/mol. The first-order chi connectivity index (χ1) is 15.0. The van der Waals surface area contributed by atoms with Crippen molar-refractivity contribution >= 4 is 22.9 Å². The van der Waals surface area contributed by atoms with Crippen molar-refractivity contribution in [2.75, 3.05) is 18.4 Å². The zero-order valence-electron chi connectivity index (χ0n) is 16.9. The Balaban J connectivity index is 0.00000153. The van der Waals surface area contributed by atoms with Gasteiger partial charge in [-0.05, 0) is 38.1 Å². The summed E-state index contributed by atoms with van der Waals surface area (Å²) in [6, 6.07) is 5.11. The van der Waals surface area contributed by atoms with Crippen LogP contribution in [0.2, 0.25) is 0 Å². The Labute approximate surface area is 179 Å². The summed E-state index contributed by atoms with van der Waals surface area (Å²) in [6.45, 7) is 2.94. The molecule has 2 N–H and O–H groups in total. The average molecular weight is 433 g/mol. The Morgan fingerprint density at radius 3 is 3.00 bits per heavy atom. The van der Waals surface area contributed by atoms with E-state index in [-0.39, 0.29) is 15.3 Å². The second-order valence-corrected chi connectivity index (χ2v) is 7.93. The van der Waals surface area contributed by atoms with E-state index < -0.39 is 18.5 Å². The van der Waals surface area contributed by atoms with E-state index >= 15 is 0 Å². The Bertz CT molecular complexity index is 1150. The highest BCUT2D eigenvalue weighted by molar-refractivity contribution is 5.96. The molecule has 10 heteroatoms. The Morgan fingerprint density at radius 2 is 2.19 bits per heavy atom. The molecule has 5 rings (SSSR count). The van der Waals surface area contributed by atoms with Crippen LogP contribution < -0.4 is 10.6 Å². The minimum Gasteiger partial charge on any atom is -0.346 e. The molecule has 0 spiro atoms. The van der Waals surface area contributed by atoms with Gasteiger partial charge in [0.05, 0.1) is 34.8 Å². The van der Waals surface area contributed by atoms with Crippen LogP contribution in [0.25, 0.3) is 16.8 Å².